The van der Waals surface area contributed by atoms with Crippen molar-refractivity contribution in [3.05, 3.63) is 62.5 Å². The number of benzene rings is 2. The number of ether oxygens (including phenoxy) is 2. The maximum Gasteiger partial charge on any atom is 0.347 e. The molecule has 25 heavy (non-hydrogen) atoms. The lowest BCUT2D eigenvalue weighted by molar-refractivity contribution is -0.148. The number of esters is 1. The molecule has 0 N–H and O–H groups in total. The van der Waals surface area contributed by atoms with Gasteiger partial charge in [-0.15, -0.1) is 11.3 Å². The van der Waals surface area contributed by atoms with Gasteiger partial charge in [-0.2, -0.15) is 0 Å². The number of rotatable bonds is 6. The number of thiophene rings is 1. The van der Waals surface area contributed by atoms with Crippen molar-refractivity contribution in [2.45, 2.75) is 25.9 Å². The van der Waals surface area contributed by atoms with Crippen LogP contribution in [-0.4, -0.2) is 19.2 Å². The third-order valence-electron chi connectivity index (χ3n) is 4.00. The Morgan fingerprint density at radius 3 is 2.60 bits per heavy atom. The van der Waals surface area contributed by atoms with Crippen molar-refractivity contribution in [1.82, 2.24) is 0 Å². The third-order valence-corrected chi connectivity index (χ3v) is 6.86. The van der Waals surface area contributed by atoms with Crippen molar-refractivity contribution < 1.29 is 14.3 Å². The molecule has 0 spiro atoms. The summed E-state index contributed by atoms with van der Waals surface area (Å²) in [5.41, 5.74) is 1.04. The SMILES string of the molecule is CCc1sc2cccc(O[C@H](Cc3ccccc3)C(=O)OC)c2c1I. The number of methoxy groups -OCH3 is 1. The minimum atomic E-state index is -0.668. The quantitative estimate of drug-likeness (QED) is 0.369. The first-order valence-electron chi connectivity index (χ1n) is 8.12. The third kappa shape index (κ3) is 3.98. The van der Waals surface area contributed by atoms with Gasteiger partial charge in [-0.3, -0.25) is 0 Å². The molecule has 0 aliphatic heterocycles. The van der Waals surface area contributed by atoms with Gasteiger partial charge in [-0.25, -0.2) is 4.79 Å². The van der Waals surface area contributed by atoms with Crippen LogP contribution in [0.2, 0.25) is 0 Å². The highest BCUT2D eigenvalue weighted by molar-refractivity contribution is 14.1. The molecular formula is C20H19IO3S. The standard InChI is InChI=1S/C20H19IO3S/c1-3-16-19(21)18-14(10-7-11-17(18)25-16)24-15(20(22)23-2)12-13-8-5-4-6-9-13/h4-11,15H,3,12H2,1-2H3/t15-/m1/s1. The number of hydrogen-bond acceptors (Lipinski definition) is 4. The maximum atomic E-state index is 12.3. The molecule has 1 heterocycles. The Labute approximate surface area is 165 Å². The second kappa shape index (κ2) is 8.19. The Balaban J connectivity index is 1.95. The second-order valence-corrected chi connectivity index (χ2v) is 7.86. The van der Waals surface area contributed by atoms with Crippen LogP contribution in [0.4, 0.5) is 0 Å². The highest BCUT2D eigenvalue weighted by Gasteiger charge is 2.24. The number of aryl methyl sites for hydroxylation is 1. The van der Waals surface area contributed by atoms with Gasteiger partial charge in [0.2, 0.25) is 0 Å². The van der Waals surface area contributed by atoms with Crippen molar-refractivity contribution >= 4 is 50.0 Å². The van der Waals surface area contributed by atoms with Crippen molar-refractivity contribution in [1.29, 1.82) is 0 Å². The minimum absolute atomic E-state index is 0.359. The van der Waals surface area contributed by atoms with Crippen LogP contribution in [0.3, 0.4) is 0 Å². The van der Waals surface area contributed by atoms with Gasteiger partial charge in [-0.1, -0.05) is 43.3 Å². The molecule has 3 aromatic rings. The van der Waals surface area contributed by atoms with E-state index in [1.807, 2.05) is 42.5 Å². The van der Waals surface area contributed by atoms with Gasteiger partial charge in [0, 0.05) is 25.0 Å². The predicted molar refractivity (Wildman–Crippen MR) is 110 cm³/mol. The Hall–Kier alpha value is -1.60. The lowest BCUT2D eigenvalue weighted by Gasteiger charge is -2.18. The van der Waals surface area contributed by atoms with Gasteiger partial charge < -0.3 is 9.47 Å². The molecule has 1 aromatic heterocycles. The molecule has 0 aliphatic carbocycles. The summed E-state index contributed by atoms with van der Waals surface area (Å²) >= 11 is 4.15. The molecule has 130 valence electrons. The smallest absolute Gasteiger partial charge is 0.347 e. The fourth-order valence-electron chi connectivity index (χ4n) is 2.74. The van der Waals surface area contributed by atoms with Crippen LogP contribution in [0, 0.1) is 3.57 Å². The average Bonchev–Trinajstić information content (AvgIpc) is 2.98. The fourth-order valence-corrected chi connectivity index (χ4v) is 5.24. The highest BCUT2D eigenvalue weighted by atomic mass is 127. The lowest BCUT2D eigenvalue weighted by atomic mass is 10.1. The van der Waals surface area contributed by atoms with Crippen LogP contribution in [0.5, 0.6) is 5.75 Å². The number of fused-ring (bicyclic) bond motifs is 1. The number of carbonyl (C=O) groups is 1. The van der Waals surface area contributed by atoms with E-state index < -0.39 is 6.10 Å². The summed E-state index contributed by atoms with van der Waals surface area (Å²) < 4.78 is 13.5. The van der Waals surface area contributed by atoms with E-state index in [1.165, 1.54) is 20.3 Å². The van der Waals surface area contributed by atoms with Crippen molar-refractivity contribution in [3.63, 3.8) is 0 Å². The summed E-state index contributed by atoms with van der Waals surface area (Å²) in [6.07, 6.45) is 0.797. The summed E-state index contributed by atoms with van der Waals surface area (Å²) in [5, 5.41) is 1.09. The van der Waals surface area contributed by atoms with E-state index in [-0.39, 0.29) is 5.97 Å². The van der Waals surface area contributed by atoms with Crippen molar-refractivity contribution in [3.8, 4) is 5.75 Å². The molecule has 5 heteroatoms. The molecule has 3 nitrogen and oxygen atoms in total. The van der Waals surface area contributed by atoms with Gasteiger partial charge >= 0.3 is 5.97 Å². The van der Waals surface area contributed by atoms with Crippen LogP contribution in [0.15, 0.2) is 48.5 Å². The predicted octanol–water partition coefficient (Wildman–Crippen LogP) is 5.23. The molecule has 0 saturated carbocycles. The van der Waals surface area contributed by atoms with Crippen LogP contribution in [0.1, 0.15) is 17.4 Å². The summed E-state index contributed by atoms with van der Waals surface area (Å²) in [6, 6.07) is 15.8. The van der Waals surface area contributed by atoms with Crippen molar-refractivity contribution in [2.24, 2.45) is 0 Å². The monoisotopic (exact) mass is 466 g/mol. The van der Waals surface area contributed by atoms with Crippen LogP contribution in [0.25, 0.3) is 10.1 Å². The molecule has 0 bridgehead atoms. The molecule has 0 radical (unpaired) electrons. The molecule has 3 rings (SSSR count). The molecule has 1 atom stereocenters. The zero-order chi connectivity index (χ0) is 17.8. The molecule has 0 aliphatic rings. The van der Waals surface area contributed by atoms with Crippen molar-refractivity contribution in [2.75, 3.05) is 7.11 Å². The van der Waals surface area contributed by atoms with Crippen LogP contribution >= 0.6 is 33.9 Å². The molecule has 0 amide bonds. The minimum Gasteiger partial charge on any atom is -0.478 e. The largest absolute Gasteiger partial charge is 0.478 e. The topological polar surface area (TPSA) is 35.5 Å². The molecule has 0 fully saturated rings. The normalized spacial score (nSPS) is 12.1. The van der Waals surface area contributed by atoms with Crippen LogP contribution < -0.4 is 4.74 Å². The van der Waals surface area contributed by atoms with E-state index in [9.17, 15) is 4.79 Å². The van der Waals surface area contributed by atoms with Gasteiger partial charge in [0.25, 0.3) is 0 Å². The summed E-state index contributed by atoms with van der Waals surface area (Å²) in [6.45, 7) is 2.15. The number of halogens is 1. The summed E-state index contributed by atoms with van der Waals surface area (Å²) in [7, 11) is 1.40. The van der Waals surface area contributed by atoms with Gasteiger partial charge in [-0.05, 0) is 46.7 Å². The zero-order valence-corrected chi connectivity index (χ0v) is 17.1. The Morgan fingerprint density at radius 2 is 1.92 bits per heavy atom. The zero-order valence-electron chi connectivity index (χ0n) is 14.1. The first-order chi connectivity index (χ1) is 12.1. The van der Waals surface area contributed by atoms with E-state index in [1.54, 1.807) is 11.3 Å². The number of hydrogen-bond donors (Lipinski definition) is 0. The van der Waals surface area contributed by atoms with E-state index in [4.69, 9.17) is 9.47 Å². The van der Waals surface area contributed by atoms with E-state index in [0.717, 1.165) is 23.1 Å². The second-order valence-electron chi connectivity index (χ2n) is 5.64. The Bertz CT molecular complexity index is 873. The highest BCUT2D eigenvalue weighted by Crippen LogP contribution is 2.39. The first kappa shape index (κ1) is 18.2. The van der Waals surface area contributed by atoms with E-state index >= 15 is 0 Å². The van der Waals surface area contributed by atoms with E-state index in [0.29, 0.717) is 6.42 Å². The Kier molecular flexibility index (Phi) is 5.96. The van der Waals surface area contributed by atoms with Gasteiger partial charge in [0.05, 0.1) is 7.11 Å². The van der Waals surface area contributed by atoms with Gasteiger partial charge in [0.1, 0.15) is 5.75 Å². The summed E-state index contributed by atoms with van der Waals surface area (Å²) in [4.78, 5) is 13.6. The maximum absolute atomic E-state index is 12.3. The summed E-state index contributed by atoms with van der Waals surface area (Å²) in [5.74, 6) is 0.381. The van der Waals surface area contributed by atoms with Crippen LogP contribution in [-0.2, 0) is 22.4 Å². The first-order valence-corrected chi connectivity index (χ1v) is 10.0. The molecular weight excluding hydrogens is 447 g/mol. The molecule has 0 unspecified atom stereocenters. The molecule has 0 saturated heterocycles. The number of carbonyl (C=O) groups excluding carboxylic acids is 1. The fraction of sp³-hybridized carbons (Fsp3) is 0.250. The molecule has 2 aromatic carbocycles. The Morgan fingerprint density at radius 1 is 1.16 bits per heavy atom. The average molecular weight is 466 g/mol. The van der Waals surface area contributed by atoms with E-state index in [2.05, 4.69) is 35.6 Å². The van der Waals surface area contributed by atoms with Gasteiger partial charge in [0.15, 0.2) is 6.10 Å². The lowest BCUT2D eigenvalue weighted by Crippen LogP contribution is -2.31.